The van der Waals surface area contributed by atoms with Gasteiger partial charge < -0.3 is 10.2 Å². The van der Waals surface area contributed by atoms with Gasteiger partial charge in [0.2, 0.25) is 0 Å². The minimum atomic E-state index is -0.0242. The van der Waals surface area contributed by atoms with E-state index in [1.54, 1.807) is 7.05 Å². The van der Waals surface area contributed by atoms with E-state index >= 15 is 0 Å². The van der Waals surface area contributed by atoms with E-state index in [0.29, 0.717) is 0 Å². The molecule has 1 aliphatic heterocycles. The highest BCUT2D eigenvalue weighted by Gasteiger charge is 2.17. The van der Waals surface area contributed by atoms with Crippen molar-refractivity contribution in [3.05, 3.63) is 35.4 Å². The molecule has 4 nitrogen and oxygen atoms in total. The van der Waals surface area contributed by atoms with Gasteiger partial charge in [0.15, 0.2) is 0 Å². The predicted molar refractivity (Wildman–Crippen MR) is 86.4 cm³/mol. The Bertz CT molecular complexity index is 448. The van der Waals surface area contributed by atoms with Crippen LogP contribution in [0.15, 0.2) is 24.3 Å². The highest BCUT2D eigenvalue weighted by molar-refractivity contribution is 5.93. The zero-order chi connectivity index (χ0) is 15.2. The first kappa shape index (κ1) is 16.0. The zero-order valence-electron chi connectivity index (χ0n) is 13.4. The van der Waals surface area contributed by atoms with E-state index in [2.05, 4.69) is 41.1 Å². The molecule has 1 aliphatic rings. The van der Waals surface area contributed by atoms with Gasteiger partial charge in [-0.3, -0.25) is 9.69 Å². The molecule has 1 saturated heterocycles. The van der Waals surface area contributed by atoms with Crippen LogP contribution in [0.5, 0.6) is 0 Å². The molecule has 1 aromatic rings. The van der Waals surface area contributed by atoms with E-state index < -0.39 is 0 Å². The van der Waals surface area contributed by atoms with Crippen LogP contribution in [0.4, 0.5) is 0 Å². The molecule has 0 saturated carbocycles. The summed E-state index contributed by atoms with van der Waals surface area (Å²) in [5.74, 6) is 0.720. The lowest BCUT2D eigenvalue weighted by atomic mass is 10.1. The van der Waals surface area contributed by atoms with Crippen LogP contribution in [0, 0.1) is 5.92 Å². The molecule has 0 atom stereocenters. The summed E-state index contributed by atoms with van der Waals surface area (Å²) in [4.78, 5) is 16.6. The first-order valence-electron chi connectivity index (χ1n) is 7.84. The number of carbonyl (C=O) groups excluding carboxylic acids is 1. The van der Waals surface area contributed by atoms with Gasteiger partial charge in [-0.25, -0.2) is 0 Å². The van der Waals surface area contributed by atoms with Crippen molar-refractivity contribution in [1.29, 1.82) is 0 Å². The van der Waals surface area contributed by atoms with Crippen LogP contribution in [0.2, 0.25) is 0 Å². The smallest absolute Gasteiger partial charge is 0.251 e. The fraction of sp³-hybridized carbons (Fsp3) is 0.588. The molecule has 1 fully saturated rings. The normalized spacial score (nSPS) is 17.1. The Balaban J connectivity index is 1.82. The van der Waals surface area contributed by atoms with Gasteiger partial charge >= 0.3 is 0 Å². The predicted octanol–water partition coefficient (Wildman–Crippen LogP) is 1.82. The largest absolute Gasteiger partial charge is 0.355 e. The second-order valence-corrected chi connectivity index (χ2v) is 6.25. The van der Waals surface area contributed by atoms with Crippen molar-refractivity contribution in [2.45, 2.75) is 20.4 Å². The van der Waals surface area contributed by atoms with Gasteiger partial charge in [0, 0.05) is 51.9 Å². The molecule has 0 radical (unpaired) electrons. The molecule has 0 unspecified atom stereocenters. The van der Waals surface area contributed by atoms with Crippen molar-refractivity contribution < 1.29 is 4.79 Å². The molecule has 4 heteroatoms. The van der Waals surface area contributed by atoms with Crippen molar-refractivity contribution in [2.75, 3.05) is 39.8 Å². The molecule has 116 valence electrons. The maximum absolute atomic E-state index is 11.5. The molecule has 0 spiro atoms. The first-order valence-corrected chi connectivity index (χ1v) is 7.84. The van der Waals surface area contributed by atoms with Gasteiger partial charge in [0.25, 0.3) is 5.91 Å². The average molecular weight is 289 g/mol. The molecular weight excluding hydrogens is 262 g/mol. The van der Waals surface area contributed by atoms with Crippen LogP contribution >= 0.6 is 0 Å². The van der Waals surface area contributed by atoms with Crippen molar-refractivity contribution in [1.82, 2.24) is 15.1 Å². The summed E-state index contributed by atoms with van der Waals surface area (Å²) in [6, 6.07) is 7.93. The summed E-state index contributed by atoms with van der Waals surface area (Å²) >= 11 is 0. The summed E-state index contributed by atoms with van der Waals surface area (Å²) in [5, 5.41) is 2.65. The van der Waals surface area contributed by atoms with Crippen molar-refractivity contribution in [3.8, 4) is 0 Å². The zero-order valence-corrected chi connectivity index (χ0v) is 13.4. The maximum atomic E-state index is 11.5. The van der Waals surface area contributed by atoms with E-state index in [9.17, 15) is 4.79 Å². The fourth-order valence-electron chi connectivity index (χ4n) is 2.81. The Labute approximate surface area is 128 Å². The Morgan fingerprint density at radius 2 is 1.67 bits per heavy atom. The Kier molecular flexibility index (Phi) is 5.76. The highest BCUT2D eigenvalue weighted by Crippen LogP contribution is 2.11. The number of nitrogens with zero attached hydrogens (tertiary/aromatic N) is 2. The first-order chi connectivity index (χ1) is 10.1. The lowest BCUT2D eigenvalue weighted by Gasteiger charge is -2.35. The van der Waals surface area contributed by atoms with Crippen molar-refractivity contribution in [2.24, 2.45) is 5.92 Å². The molecule has 0 aliphatic carbocycles. The minimum Gasteiger partial charge on any atom is -0.355 e. The number of nitrogens with one attached hydrogen (secondary N) is 1. The van der Waals surface area contributed by atoms with E-state index in [0.717, 1.165) is 44.2 Å². The molecule has 0 aromatic heterocycles. The van der Waals surface area contributed by atoms with E-state index in [1.165, 1.54) is 12.1 Å². The van der Waals surface area contributed by atoms with E-state index in [-0.39, 0.29) is 5.91 Å². The summed E-state index contributed by atoms with van der Waals surface area (Å²) < 4.78 is 0. The number of carbonyl (C=O) groups is 1. The molecule has 21 heavy (non-hydrogen) atoms. The van der Waals surface area contributed by atoms with E-state index in [1.807, 2.05) is 12.1 Å². The van der Waals surface area contributed by atoms with E-state index in [4.69, 9.17) is 0 Å². The standard InChI is InChI=1S/C17H27N3O/c1-14(2)12-19-8-10-20(11-9-19)13-15-4-6-16(7-5-15)17(21)18-3/h4-7,14H,8-13H2,1-3H3,(H,18,21). The second-order valence-electron chi connectivity index (χ2n) is 6.25. The van der Waals surface area contributed by atoms with Gasteiger partial charge in [-0.1, -0.05) is 26.0 Å². The Morgan fingerprint density at radius 3 is 2.19 bits per heavy atom. The maximum Gasteiger partial charge on any atom is 0.251 e. The van der Waals surface area contributed by atoms with Crippen molar-refractivity contribution in [3.63, 3.8) is 0 Å². The summed E-state index contributed by atoms with van der Waals surface area (Å²) in [5.41, 5.74) is 2.00. The molecule has 1 aromatic carbocycles. The Morgan fingerprint density at radius 1 is 1.10 bits per heavy atom. The molecule has 1 N–H and O–H groups in total. The third kappa shape index (κ3) is 4.83. The molecule has 0 bridgehead atoms. The lowest BCUT2D eigenvalue weighted by molar-refractivity contribution is 0.0963. The highest BCUT2D eigenvalue weighted by atomic mass is 16.1. The van der Waals surface area contributed by atoms with Gasteiger partial charge in [0.05, 0.1) is 0 Å². The number of piperazine rings is 1. The van der Waals surface area contributed by atoms with Crippen LogP contribution < -0.4 is 5.32 Å². The number of amides is 1. The SMILES string of the molecule is CNC(=O)c1ccc(CN2CCN(CC(C)C)CC2)cc1. The number of rotatable bonds is 5. The third-order valence-corrected chi connectivity index (χ3v) is 3.94. The average Bonchev–Trinajstić information content (AvgIpc) is 2.49. The second kappa shape index (κ2) is 7.57. The van der Waals surface area contributed by atoms with Crippen LogP contribution in [-0.4, -0.2) is 55.5 Å². The lowest BCUT2D eigenvalue weighted by Crippen LogP contribution is -2.46. The van der Waals surface area contributed by atoms with Gasteiger partial charge in [-0.15, -0.1) is 0 Å². The quantitative estimate of drug-likeness (QED) is 0.898. The number of hydrogen-bond acceptors (Lipinski definition) is 3. The summed E-state index contributed by atoms with van der Waals surface area (Å²) in [6.07, 6.45) is 0. The van der Waals surface area contributed by atoms with Crippen LogP contribution in [-0.2, 0) is 6.54 Å². The Hall–Kier alpha value is -1.39. The van der Waals surface area contributed by atoms with Gasteiger partial charge in [0.1, 0.15) is 0 Å². The summed E-state index contributed by atoms with van der Waals surface area (Å²) in [6.45, 7) is 11.3. The number of hydrogen-bond donors (Lipinski definition) is 1. The molecule has 1 amide bonds. The van der Waals surface area contributed by atoms with Crippen LogP contribution in [0.1, 0.15) is 29.8 Å². The van der Waals surface area contributed by atoms with Crippen LogP contribution in [0.3, 0.4) is 0 Å². The minimum absolute atomic E-state index is 0.0242. The molecular formula is C17H27N3O. The van der Waals surface area contributed by atoms with Gasteiger partial charge in [-0.2, -0.15) is 0 Å². The number of benzene rings is 1. The molecule has 1 heterocycles. The molecule has 2 rings (SSSR count). The summed E-state index contributed by atoms with van der Waals surface area (Å²) in [7, 11) is 1.66. The third-order valence-electron chi connectivity index (χ3n) is 3.94. The topological polar surface area (TPSA) is 35.6 Å². The van der Waals surface area contributed by atoms with Gasteiger partial charge in [-0.05, 0) is 23.6 Å². The monoisotopic (exact) mass is 289 g/mol. The van der Waals surface area contributed by atoms with Crippen molar-refractivity contribution >= 4 is 5.91 Å². The van der Waals surface area contributed by atoms with Crippen LogP contribution in [0.25, 0.3) is 0 Å². The fourth-order valence-corrected chi connectivity index (χ4v) is 2.81.